The lowest BCUT2D eigenvalue weighted by Crippen LogP contribution is -2.31. The van der Waals surface area contributed by atoms with Gasteiger partial charge in [-0.15, -0.1) is 0 Å². The normalized spacial score (nSPS) is 15.5. The Labute approximate surface area is 109 Å². The first-order valence-corrected chi connectivity index (χ1v) is 6.74. The topological polar surface area (TPSA) is 29.3 Å². The minimum absolute atomic E-state index is 0.647. The fourth-order valence-corrected chi connectivity index (χ4v) is 2.52. The van der Waals surface area contributed by atoms with E-state index in [1.807, 2.05) is 0 Å². The number of unbranched alkanes of at least 4 members (excludes halogenated alkanes) is 1. The predicted molar refractivity (Wildman–Crippen MR) is 76.1 cm³/mol. The average Bonchev–Trinajstić information content (AvgIpc) is 2.34. The zero-order valence-electron chi connectivity index (χ0n) is 10.2. The summed E-state index contributed by atoms with van der Waals surface area (Å²) in [6.07, 6.45) is 4.39. The minimum Gasteiger partial charge on any atom is -0.393 e. The molecule has 1 aliphatic rings. The zero-order valence-corrected chi connectivity index (χ0v) is 11.0. The molecule has 1 aromatic rings. The molecule has 0 radical (unpaired) electrons. The summed E-state index contributed by atoms with van der Waals surface area (Å²) in [5.41, 5.74) is 8.51. The van der Waals surface area contributed by atoms with Crippen LogP contribution in [0.5, 0.6) is 0 Å². The molecule has 2 nitrogen and oxygen atoms in total. The Balaban J connectivity index is 1.76. The van der Waals surface area contributed by atoms with Crippen LogP contribution in [-0.2, 0) is 13.0 Å². The average molecular weight is 248 g/mol. The number of hydrogen-bond donors (Lipinski definition) is 1. The van der Waals surface area contributed by atoms with E-state index in [1.165, 1.54) is 30.5 Å². The van der Waals surface area contributed by atoms with Crippen LogP contribution in [0.15, 0.2) is 24.3 Å². The lowest BCUT2D eigenvalue weighted by atomic mass is 10.00. The van der Waals surface area contributed by atoms with Gasteiger partial charge < -0.3 is 5.73 Å². The van der Waals surface area contributed by atoms with Crippen molar-refractivity contribution >= 4 is 17.2 Å². The maximum Gasteiger partial charge on any atom is 0.0727 e. The van der Waals surface area contributed by atoms with Gasteiger partial charge in [0.05, 0.1) is 4.99 Å². The van der Waals surface area contributed by atoms with E-state index in [0.29, 0.717) is 4.99 Å². The molecule has 0 aromatic heterocycles. The summed E-state index contributed by atoms with van der Waals surface area (Å²) in [4.78, 5) is 3.18. The fourth-order valence-electron chi connectivity index (χ4n) is 2.38. The number of benzene rings is 1. The Hall–Kier alpha value is -0.930. The first-order chi connectivity index (χ1) is 8.25. The van der Waals surface area contributed by atoms with E-state index < -0.39 is 0 Å². The van der Waals surface area contributed by atoms with E-state index >= 15 is 0 Å². The second-order valence-corrected chi connectivity index (χ2v) is 5.24. The van der Waals surface area contributed by atoms with Crippen molar-refractivity contribution in [2.24, 2.45) is 5.73 Å². The largest absolute Gasteiger partial charge is 0.393 e. The van der Waals surface area contributed by atoms with Crippen molar-refractivity contribution in [3.05, 3.63) is 35.4 Å². The Kier molecular flexibility index (Phi) is 4.51. The second kappa shape index (κ2) is 6.12. The summed E-state index contributed by atoms with van der Waals surface area (Å²) in [6.45, 7) is 3.45. The van der Waals surface area contributed by atoms with Gasteiger partial charge in [-0.3, -0.25) is 4.90 Å². The van der Waals surface area contributed by atoms with Crippen molar-refractivity contribution < 1.29 is 0 Å². The Morgan fingerprint density at radius 3 is 2.76 bits per heavy atom. The third kappa shape index (κ3) is 3.79. The van der Waals surface area contributed by atoms with E-state index in [0.717, 1.165) is 25.9 Å². The molecule has 1 heterocycles. The van der Waals surface area contributed by atoms with E-state index in [9.17, 15) is 0 Å². The summed E-state index contributed by atoms with van der Waals surface area (Å²) in [7, 11) is 0. The summed E-state index contributed by atoms with van der Waals surface area (Å²) < 4.78 is 0. The first kappa shape index (κ1) is 12.5. The standard InChI is InChI=1S/C14H20N2S/c15-14(17)7-3-4-9-16-10-8-12-5-1-2-6-13(12)11-16/h1-2,5-6H,3-4,7-11H2,(H2,15,17). The Morgan fingerprint density at radius 2 is 2.00 bits per heavy atom. The molecule has 0 atom stereocenters. The molecule has 2 rings (SSSR count). The van der Waals surface area contributed by atoms with Gasteiger partial charge in [0.15, 0.2) is 0 Å². The van der Waals surface area contributed by atoms with Crippen molar-refractivity contribution in [3.8, 4) is 0 Å². The molecule has 3 heteroatoms. The highest BCUT2D eigenvalue weighted by molar-refractivity contribution is 7.80. The highest BCUT2D eigenvalue weighted by Crippen LogP contribution is 2.18. The van der Waals surface area contributed by atoms with E-state index in [4.69, 9.17) is 18.0 Å². The van der Waals surface area contributed by atoms with Gasteiger partial charge in [-0.1, -0.05) is 36.5 Å². The highest BCUT2D eigenvalue weighted by atomic mass is 32.1. The van der Waals surface area contributed by atoms with Gasteiger partial charge in [0.25, 0.3) is 0 Å². The van der Waals surface area contributed by atoms with E-state index in [2.05, 4.69) is 29.2 Å². The summed E-state index contributed by atoms with van der Waals surface area (Å²) in [5.74, 6) is 0. The van der Waals surface area contributed by atoms with Crippen LogP contribution in [0.4, 0.5) is 0 Å². The van der Waals surface area contributed by atoms with Crippen LogP contribution in [0, 0.1) is 0 Å². The Bertz CT molecular complexity index is 390. The van der Waals surface area contributed by atoms with Crippen LogP contribution in [0.2, 0.25) is 0 Å². The number of nitrogens with two attached hydrogens (primary N) is 1. The lowest BCUT2D eigenvalue weighted by Gasteiger charge is -2.28. The third-order valence-corrected chi connectivity index (χ3v) is 3.56. The molecule has 0 saturated heterocycles. The van der Waals surface area contributed by atoms with E-state index in [-0.39, 0.29) is 0 Å². The molecule has 0 aliphatic carbocycles. The maximum atomic E-state index is 5.49. The molecule has 1 aromatic carbocycles. The maximum absolute atomic E-state index is 5.49. The van der Waals surface area contributed by atoms with Crippen LogP contribution in [0.3, 0.4) is 0 Å². The van der Waals surface area contributed by atoms with Gasteiger partial charge in [-0.2, -0.15) is 0 Å². The summed E-state index contributed by atoms with van der Waals surface area (Å²) in [6, 6.07) is 8.77. The molecule has 0 bridgehead atoms. The molecule has 0 saturated carbocycles. The molecule has 92 valence electrons. The molecular weight excluding hydrogens is 228 g/mol. The lowest BCUT2D eigenvalue weighted by molar-refractivity contribution is 0.249. The molecular formula is C14H20N2S. The van der Waals surface area contributed by atoms with Gasteiger partial charge >= 0.3 is 0 Å². The fraction of sp³-hybridized carbons (Fsp3) is 0.500. The molecule has 1 aliphatic heterocycles. The highest BCUT2D eigenvalue weighted by Gasteiger charge is 2.14. The summed E-state index contributed by atoms with van der Waals surface area (Å²) in [5, 5.41) is 0. The number of fused-ring (bicyclic) bond motifs is 1. The minimum atomic E-state index is 0.647. The number of hydrogen-bond acceptors (Lipinski definition) is 2. The van der Waals surface area contributed by atoms with Gasteiger partial charge in [0, 0.05) is 13.1 Å². The van der Waals surface area contributed by atoms with E-state index in [1.54, 1.807) is 0 Å². The van der Waals surface area contributed by atoms with Gasteiger partial charge in [0.1, 0.15) is 0 Å². The molecule has 0 amide bonds. The molecule has 2 N–H and O–H groups in total. The van der Waals surface area contributed by atoms with Crippen molar-refractivity contribution in [1.29, 1.82) is 0 Å². The SMILES string of the molecule is NC(=S)CCCCN1CCc2ccccc2C1. The quantitative estimate of drug-likeness (QED) is 0.641. The van der Waals surface area contributed by atoms with Gasteiger partial charge in [-0.05, 0) is 43.4 Å². The predicted octanol–water partition coefficient (Wildman–Crippen LogP) is 2.50. The molecule has 17 heavy (non-hydrogen) atoms. The van der Waals surface area contributed by atoms with Crippen LogP contribution >= 0.6 is 12.2 Å². The van der Waals surface area contributed by atoms with Crippen molar-refractivity contribution in [2.45, 2.75) is 32.2 Å². The van der Waals surface area contributed by atoms with Gasteiger partial charge in [-0.25, -0.2) is 0 Å². The van der Waals surface area contributed by atoms with Gasteiger partial charge in [0.2, 0.25) is 0 Å². The number of thiocarbonyl (C=S) groups is 1. The molecule has 0 unspecified atom stereocenters. The van der Waals surface area contributed by atoms with Crippen LogP contribution in [-0.4, -0.2) is 23.0 Å². The van der Waals surface area contributed by atoms with Crippen molar-refractivity contribution in [2.75, 3.05) is 13.1 Å². The zero-order chi connectivity index (χ0) is 12.1. The Morgan fingerprint density at radius 1 is 1.24 bits per heavy atom. The number of nitrogens with zero attached hydrogens (tertiary/aromatic N) is 1. The summed E-state index contributed by atoms with van der Waals surface area (Å²) >= 11 is 4.88. The van der Waals surface area contributed by atoms with Crippen molar-refractivity contribution in [3.63, 3.8) is 0 Å². The second-order valence-electron chi connectivity index (χ2n) is 4.72. The monoisotopic (exact) mass is 248 g/mol. The smallest absolute Gasteiger partial charge is 0.0727 e. The number of rotatable bonds is 5. The van der Waals surface area contributed by atoms with Crippen LogP contribution in [0.25, 0.3) is 0 Å². The van der Waals surface area contributed by atoms with Crippen LogP contribution < -0.4 is 5.73 Å². The molecule has 0 fully saturated rings. The third-order valence-electron chi connectivity index (χ3n) is 3.36. The molecule has 0 spiro atoms. The first-order valence-electron chi connectivity index (χ1n) is 6.33. The van der Waals surface area contributed by atoms with Crippen LogP contribution in [0.1, 0.15) is 30.4 Å². The van der Waals surface area contributed by atoms with Crippen molar-refractivity contribution in [1.82, 2.24) is 4.90 Å².